The summed E-state index contributed by atoms with van der Waals surface area (Å²) in [5.41, 5.74) is 3.00. The van der Waals surface area contributed by atoms with Gasteiger partial charge in [0.2, 0.25) is 11.5 Å². The number of allylic oxidation sites excluding steroid dienone is 5. The normalized spacial score (nSPS) is 20.5. The Labute approximate surface area is 234 Å². The van der Waals surface area contributed by atoms with Gasteiger partial charge in [0.1, 0.15) is 34.3 Å². The number of ketones is 1. The summed E-state index contributed by atoms with van der Waals surface area (Å²) in [6, 6.07) is 5.70. The molecule has 3 atom stereocenters. The molecule has 0 saturated heterocycles. The van der Waals surface area contributed by atoms with Crippen molar-refractivity contribution in [3.8, 4) is 28.7 Å². The van der Waals surface area contributed by atoms with Crippen molar-refractivity contribution in [1.29, 1.82) is 0 Å². The van der Waals surface area contributed by atoms with E-state index in [-0.39, 0.29) is 82.5 Å². The summed E-state index contributed by atoms with van der Waals surface area (Å²) in [6.45, 7) is 11.9. The number of aryl methyl sites for hydroxylation is 1. The van der Waals surface area contributed by atoms with Gasteiger partial charge in [0, 0.05) is 36.5 Å². The van der Waals surface area contributed by atoms with E-state index in [4.69, 9.17) is 14.2 Å². The third kappa shape index (κ3) is 5.48. The predicted molar refractivity (Wildman–Crippen MR) is 150 cm³/mol. The second-order valence-corrected chi connectivity index (χ2v) is 11.1. The van der Waals surface area contributed by atoms with Crippen LogP contribution in [0.4, 0.5) is 0 Å². The highest BCUT2D eigenvalue weighted by Crippen LogP contribution is 2.55. The third-order valence-corrected chi connectivity index (χ3v) is 7.66. The van der Waals surface area contributed by atoms with Gasteiger partial charge >= 0.3 is 0 Å². The highest BCUT2D eigenvalue weighted by molar-refractivity contribution is 5.97. The van der Waals surface area contributed by atoms with Gasteiger partial charge in [0.25, 0.3) is 5.79 Å². The highest BCUT2D eigenvalue weighted by atomic mass is 16.7. The Morgan fingerprint density at radius 1 is 1.15 bits per heavy atom. The highest BCUT2D eigenvalue weighted by Gasteiger charge is 2.54. The molecular weight excluding hydrogens is 512 g/mol. The van der Waals surface area contributed by atoms with Crippen LogP contribution in [-0.2, 0) is 32.9 Å². The molecule has 0 aromatic heterocycles. The van der Waals surface area contributed by atoms with Gasteiger partial charge < -0.3 is 34.6 Å². The minimum atomic E-state index is -1.67. The molecule has 3 unspecified atom stereocenters. The molecule has 2 aromatic rings. The lowest BCUT2D eigenvalue weighted by molar-refractivity contribution is -0.179. The minimum absolute atomic E-state index is 0.0621. The van der Waals surface area contributed by atoms with Gasteiger partial charge in [-0.15, -0.1) is 0 Å². The molecule has 2 aliphatic rings. The maximum atomic E-state index is 12.8. The maximum Gasteiger partial charge on any atom is 0.285 e. The summed E-state index contributed by atoms with van der Waals surface area (Å²) < 4.78 is 18.3. The van der Waals surface area contributed by atoms with Gasteiger partial charge in [0.05, 0.1) is 7.11 Å². The number of Topliss-reactive ketones (excluding diaryl/α,β-unsaturated/α-hetero) is 1. The van der Waals surface area contributed by atoms with E-state index in [0.29, 0.717) is 24.2 Å². The van der Waals surface area contributed by atoms with Crippen molar-refractivity contribution in [2.24, 2.45) is 11.8 Å². The lowest BCUT2D eigenvalue weighted by Gasteiger charge is -2.33. The molecule has 0 bridgehead atoms. The molecule has 0 fully saturated rings. The van der Waals surface area contributed by atoms with Gasteiger partial charge in [-0.05, 0) is 57.6 Å². The zero-order valence-electron chi connectivity index (χ0n) is 23.7. The Balaban J connectivity index is 1.82. The minimum Gasteiger partial charge on any atom is -0.508 e. The summed E-state index contributed by atoms with van der Waals surface area (Å²) >= 11 is 0. The Bertz CT molecular complexity index is 1400. The van der Waals surface area contributed by atoms with E-state index < -0.39 is 5.79 Å². The molecule has 4 rings (SSSR count). The largest absolute Gasteiger partial charge is 0.508 e. The first-order chi connectivity index (χ1) is 18.9. The standard InChI is InChI=1S/C32H38O8/c1-17(2)7-8-21(18(3)4)14-23-25(35)16-27(38-6)28(29(23)37)32(12-11-20-9-10-22(33)15-24(20)34)39-30-19(5)13-26(36)31(30)40-32/h7,9-10,15-16,19,21,33-35,37H,3,8,11-14H2,1-2,4-6H3. The van der Waals surface area contributed by atoms with Crippen LogP contribution in [0.1, 0.15) is 63.6 Å². The van der Waals surface area contributed by atoms with Crippen molar-refractivity contribution in [3.05, 3.63) is 76.3 Å². The van der Waals surface area contributed by atoms with Crippen LogP contribution in [0.2, 0.25) is 0 Å². The third-order valence-electron chi connectivity index (χ3n) is 7.66. The molecule has 0 spiro atoms. The lowest BCUT2D eigenvalue weighted by Crippen LogP contribution is -2.32. The van der Waals surface area contributed by atoms with E-state index in [1.807, 2.05) is 27.7 Å². The zero-order valence-corrected chi connectivity index (χ0v) is 23.7. The molecule has 2 aromatic carbocycles. The van der Waals surface area contributed by atoms with E-state index in [1.54, 1.807) is 6.07 Å². The second-order valence-electron chi connectivity index (χ2n) is 11.1. The van der Waals surface area contributed by atoms with Gasteiger partial charge in [-0.25, -0.2) is 0 Å². The average molecular weight is 551 g/mol. The summed E-state index contributed by atoms with van der Waals surface area (Å²) in [4.78, 5) is 12.8. The van der Waals surface area contributed by atoms with Gasteiger partial charge in [-0.2, -0.15) is 0 Å². The van der Waals surface area contributed by atoms with Crippen molar-refractivity contribution in [1.82, 2.24) is 0 Å². The van der Waals surface area contributed by atoms with Crippen LogP contribution in [0.3, 0.4) is 0 Å². The number of hydrogen-bond acceptors (Lipinski definition) is 8. The summed E-state index contributed by atoms with van der Waals surface area (Å²) in [7, 11) is 1.41. The molecule has 1 aliphatic heterocycles. The van der Waals surface area contributed by atoms with Gasteiger partial charge in [-0.1, -0.05) is 36.8 Å². The number of methoxy groups -OCH3 is 1. The van der Waals surface area contributed by atoms with E-state index in [1.165, 1.54) is 25.3 Å². The number of aromatic hydroxyl groups is 4. The number of phenolic OH excluding ortho intramolecular Hbond substituents is 4. The number of ether oxygens (including phenoxy) is 3. The molecule has 8 heteroatoms. The number of carbonyl (C=O) groups excluding carboxylic acids is 1. The molecule has 0 amide bonds. The first-order valence-corrected chi connectivity index (χ1v) is 13.4. The predicted octanol–water partition coefficient (Wildman–Crippen LogP) is 6.26. The van der Waals surface area contributed by atoms with Gasteiger partial charge in [-0.3, -0.25) is 4.79 Å². The van der Waals surface area contributed by atoms with E-state index in [9.17, 15) is 25.2 Å². The molecule has 8 nitrogen and oxygen atoms in total. The lowest BCUT2D eigenvalue weighted by atomic mass is 9.86. The second kappa shape index (κ2) is 11.2. The van der Waals surface area contributed by atoms with Crippen LogP contribution in [0.25, 0.3) is 0 Å². The van der Waals surface area contributed by atoms with Gasteiger partial charge in [0.15, 0.2) is 5.76 Å². The SMILES string of the molecule is C=C(C)C(CC=C(C)C)Cc1c(O)cc(OC)c(C2(CCc3ccc(O)cc3O)OC3=C(O2)C(C)CC3=O)c1O. The Hall–Kier alpha value is -4.07. The fourth-order valence-electron chi connectivity index (χ4n) is 5.32. The molecule has 40 heavy (non-hydrogen) atoms. The molecule has 0 radical (unpaired) electrons. The maximum absolute atomic E-state index is 12.8. The number of benzene rings is 2. The van der Waals surface area contributed by atoms with Crippen LogP contribution in [0, 0.1) is 11.8 Å². The van der Waals surface area contributed by atoms with Crippen molar-refractivity contribution >= 4 is 5.78 Å². The van der Waals surface area contributed by atoms with Crippen molar-refractivity contribution in [2.75, 3.05) is 7.11 Å². The number of carbonyl (C=O) groups is 1. The number of phenols is 4. The monoisotopic (exact) mass is 550 g/mol. The molecule has 1 aliphatic carbocycles. The first kappa shape index (κ1) is 28.9. The quantitative estimate of drug-likeness (QED) is 0.255. The Kier molecular flexibility index (Phi) is 8.10. The Morgan fingerprint density at radius 3 is 2.48 bits per heavy atom. The molecule has 0 saturated carbocycles. The van der Waals surface area contributed by atoms with Crippen molar-refractivity contribution in [3.63, 3.8) is 0 Å². The van der Waals surface area contributed by atoms with Crippen LogP contribution >= 0.6 is 0 Å². The van der Waals surface area contributed by atoms with E-state index in [2.05, 4.69) is 12.7 Å². The summed E-state index contributed by atoms with van der Waals surface area (Å²) in [6.07, 6.45) is 3.61. The molecule has 4 N–H and O–H groups in total. The van der Waals surface area contributed by atoms with E-state index in [0.717, 1.165) is 11.1 Å². The van der Waals surface area contributed by atoms with Crippen LogP contribution < -0.4 is 4.74 Å². The van der Waals surface area contributed by atoms with E-state index >= 15 is 0 Å². The summed E-state index contributed by atoms with van der Waals surface area (Å²) in [5, 5.41) is 42.9. The van der Waals surface area contributed by atoms with Crippen LogP contribution in [0.15, 0.2) is 59.6 Å². The fraction of sp³-hybridized carbons (Fsp3) is 0.406. The topological polar surface area (TPSA) is 126 Å². The first-order valence-electron chi connectivity index (χ1n) is 13.4. The average Bonchev–Trinajstić information content (AvgIpc) is 3.38. The van der Waals surface area contributed by atoms with Crippen LogP contribution in [0.5, 0.6) is 28.7 Å². The molecular formula is C32H38O8. The fourth-order valence-corrected chi connectivity index (χ4v) is 5.32. The number of rotatable bonds is 10. The molecule has 1 heterocycles. The zero-order chi connectivity index (χ0) is 29.4. The summed E-state index contributed by atoms with van der Waals surface area (Å²) in [5.74, 6) is -2.08. The van der Waals surface area contributed by atoms with Crippen LogP contribution in [-0.4, -0.2) is 33.3 Å². The van der Waals surface area contributed by atoms with Crippen molar-refractivity contribution < 1.29 is 39.4 Å². The smallest absolute Gasteiger partial charge is 0.285 e. The van der Waals surface area contributed by atoms with Crippen molar-refractivity contribution in [2.45, 2.75) is 65.6 Å². The number of hydrogen-bond donors (Lipinski definition) is 4. The molecule has 214 valence electrons. The Morgan fingerprint density at radius 2 is 1.88 bits per heavy atom.